The van der Waals surface area contributed by atoms with Gasteiger partial charge in [0.2, 0.25) is 0 Å². The Morgan fingerprint density at radius 2 is 2.32 bits per heavy atom. The zero-order valence-electron chi connectivity index (χ0n) is 10.4. The van der Waals surface area contributed by atoms with Gasteiger partial charge in [0.15, 0.2) is 0 Å². The first-order chi connectivity index (χ1) is 9.24. The van der Waals surface area contributed by atoms with Crippen LogP contribution in [0.5, 0.6) is 0 Å². The Hall–Kier alpha value is -2.14. The lowest BCUT2D eigenvalue weighted by molar-refractivity contribution is 0.0952. The van der Waals surface area contributed by atoms with E-state index >= 15 is 0 Å². The lowest BCUT2D eigenvalue weighted by atomic mass is 10.1. The molecule has 96 valence electrons. The van der Waals surface area contributed by atoms with Gasteiger partial charge in [0.25, 0.3) is 5.91 Å². The van der Waals surface area contributed by atoms with E-state index in [1.165, 1.54) is 0 Å². The molecule has 19 heavy (non-hydrogen) atoms. The quantitative estimate of drug-likeness (QED) is 0.769. The minimum Gasteiger partial charge on any atom is -0.361 e. The summed E-state index contributed by atoms with van der Waals surface area (Å²) in [6.07, 6.45) is 1.84. The SMILES string of the molecule is Cc1nc(CNC(=O)c2cccc3cc[nH]c23)cs1. The Labute approximate surface area is 114 Å². The lowest BCUT2D eigenvalue weighted by Gasteiger charge is -2.04. The van der Waals surface area contributed by atoms with Gasteiger partial charge >= 0.3 is 0 Å². The molecular formula is C14H13N3OS. The van der Waals surface area contributed by atoms with Crippen molar-refractivity contribution < 1.29 is 4.79 Å². The highest BCUT2D eigenvalue weighted by atomic mass is 32.1. The fourth-order valence-corrected chi connectivity index (χ4v) is 2.64. The second kappa shape index (κ2) is 4.85. The Morgan fingerprint density at radius 3 is 3.11 bits per heavy atom. The Bertz CT molecular complexity index is 729. The minimum absolute atomic E-state index is 0.0845. The van der Waals surface area contributed by atoms with Gasteiger partial charge in [-0.05, 0) is 19.1 Å². The van der Waals surface area contributed by atoms with Crippen molar-refractivity contribution in [2.45, 2.75) is 13.5 Å². The van der Waals surface area contributed by atoms with Gasteiger partial charge < -0.3 is 10.3 Å². The van der Waals surface area contributed by atoms with Gasteiger partial charge in [0, 0.05) is 17.0 Å². The molecule has 0 unspecified atom stereocenters. The number of carbonyl (C=O) groups is 1. The number of carbonyl (C=O) groups excluding carboxylic acids is 1. The van der Waals surface area contributed by atoms with Crippen molar-refractivity contribution >= 4 is 28.1 Å². The average Bonchev–Trinajstić information content (AvgIpc) is 3.03. The van der Waals surface area contributed by atoms with Crippen LogP contribution in [0, 0.1) is 6.92 Å². The largest absolute Gasteiger partial charge is 0.361 e. The van der Waals surface area contributed by atoms with Crippen LogP contribution in [0.3, 0.4) is 0 Å². The first-order valence-corrected chi connectivity index (χ1v) is 6.87. The maximum absolute atomic E-state index is 12.2. The number of thiazole rings is 1. The Morgan fingerprint density at radius 1 is 1.42 bits per heavy atom. The van der Waals surface area contributed by atoms with Gasteiger partial charge in [-0.25, -0.2) is 4.98 Å². The number of hydrogen-bond donors (Lipinski definition) is 2. The third kappa shape index (κ3) is 2.37. The van der Waals surface area contributed by atoms with E-state index in [4.69, 9.17) is 0 Å². The first-order valence-electron chi connectivity index (χ1n) is 5.99. The molecule has 0 saturated carbocycles. The predicted molar refractivity (Wildman–Crippen MR) is 76.3 cm³/mol. The Balaban J connectivity index is 1.78. The van der Waals surface area contributed by atoms with Gasteiger partial charge in [0.05, 0.1) is 28.3 Å². The van der Waals surface area contributed by atoms with Gasteiger partial charge in [-0.3, -0.25) is 4.79 Å². The van der Waals surface area contributed by atoms with Crippen molar-refractivity contribution in [3.8, 4) is 0 Å². The van der Waals surface area contributed by atoms with E-state index in [1.807, 2.05) is 42.8 Å². The molecule has 4 nitrogen and oxygen atoms in total. The summed E-state index contributed by atoms with van der Waals surface area (Å²) in [7, 11) is 0. The van der Waals surface area contributed by atoms with E-state index in [0.717, 1.165) is 21.6 Å². The molecule has 1 aromatic carbocycles. The maximum atomic E-state index is 12.2. The van der Waals surface area contributed by atoms with E-state index < -0.39 is 0 Å². The molecule has 0 saturated heterocycles. The number of nitrogens with zero attached hydrogens (tertiary/aromatic N) is 1. The van der Waals surface area contributed by atoms with Crippen LogP contribution in [0.25, 0.3) is 10.9 Å². The summed E-state index contributed by atoms with van der Waals surface area (Å²) < 4.78 is 0. The molecule has 0 spiro atoms. The van der Waals surface area contributed by atoms with E-state index in [9.17, 15) is 4.79 Å². The summed E-state index contributed by atoms with van der Waals surface area (Å²) in [5.41, 5.74) is 2.43. The van der Waals surface area contributed by atoms with Gasteiger partial charge in [-0.15, -0.1) is 11.3 Å². The highest BCUT2D eigenvalue weighted by Gasteiger charge is 2.10. The number of rotatable bonds is 3. The molecule has 0 bridgehead atoms. The fourth-order valence-electron chi connectivity index (χ4n) is 2.03. The molecule has 0 aliphatic heterocycles. The number of aryl methyl sites for hydroxylation is 1. The normalized spacial score (nSPS) is 10.8. The molecule has 0 atom stereocenters. The summed E-state index contributed by atoms with van der Waals surface area (Å²) >= 11 is 1.59. The van der Waals surface area contributed by atoms with Crippen molar-refractivity contribution in [1.29, 1.82) is 0 Å². The molecule has 1 amide bonds. The van der Waals surface area contributed by atoms with Crippen LogP contribution in [-0.4, -0.2) is 15.9 Å². The van der Waals surface area contributed by atoms with Crippen molar-refractivity contribution in [2.24, 2.45) is 0 Å². The number of aromatic amines is 1. The minimum atomic E-state index is -0.0845. The van der Waals surface area contributed by atoms with Gasteiger partial charge in [0.1, 0.15) is 0 Å². The van der Waals surface area contributed by atoms with E-state index in [2.05, 4.69) is 15.3 Å². The standard InChI is InChI=1S/C14H13N3OS/c1-9-17-11(8-19-9)7-16-14(18)12-4-2-3-10-5-6-15-13(10)12/h2-6,8,15H,7H2,1H3,(H,16,18). The zero-order valence-corrected chi connectivity index (χ0v) is 11.3. The highest BCUT2D eigenvalue weighted by Crippen LogP contribution is 2.17. The van der Waals surface area contributed by atoms with Crippen molar-refractivity contribution in [2.75, 3.05) is 0 Å². The second-order valence-corrected chi connectivity index (χ2v) is 5.35. The lowest BCUT2D eigenvalue weighted by Crippen LogP contribution is -2.23. The summed E-state index contributed by atoms with van der Waals surface area (Å²) in [4.78, 5) is 19.6. The van der Waals surface area contributed by atoms with Gasteiger partial charge in [-0.1, -0.05) is 12.1 Å². The number of fused-ring (bicyclic) bond motifs is 1. The van der Waals surface area contributed by atoms with Crippen LogP contribution in [0.2, 0.25) is 0 Å². The van der Waals surface area contributed by atoms with E-state index in [1.54, 1.807) is 11.3 Å². The molecule has 0 radical (unpaired) electrons. The van der Waals surface area contributed by atoms with E-state index in [0.29, 0.717) is 12.1 Å². The predicted octanol–water partition coefficient (Wildman–Crippen LogP) is 2.86. The molecule has 5 heteroatoms. The van der Waals surface area contributed by atoms with Crippen LogP contribution in [0.15, 0.2) is 35.8 Å². The number of H-pyrrole nitrogens is 1. The molecule has 0 aliphatic carbocycles. The molecular weight excluding hydrogens is 258 g/mol. The fraction of sp³-hybridized carbons (Fsp3) is 0.143. The summed E-state index contributed by atoms with van der Waals surface area (Å²) in [6.45, 7) is 2.41. The summed E-state index contributed by atoms with van der Waals surface area (Å²) in [6, 6.07) is 7.64. The molecule has 0 fully saturated rings. The molecule has 3 aromatic rings. The highest BCUT2D eigenvalue weighted by molar-refractivity contribution is 7.09. The van der Waals surface area contributed by atoms with Crippen LogP contribution in [-0.2, 0) is 6.54 Å². The van der Waals surface area contributed by atoms with Crippen molar-refractivity contribution in [1.82, 2.24) is 15.3 Å². The topological polar surface area (TPSA) is 57.8 Å². The third-order valence-electron chi connectivity index (χ3n) is 2.93. The van der Waals surface area contributed by atoms with Crippen LogP contribution >= 0.6 is 11.3 Å². The van der Waals surface area contributed by atoms with Gasteiger partial charge in [-0.2, -0.15) is 0 Å². The summed E-state index contributed by atoms with van der Waals surface area (Å²) in [5, 5.41) is 6.91. The zero-order chi connectivity index (χ0) is 13.2. The summed E-state index contributed by atoms with van der Waals surface area (Å²) in [5.74, 6) is -0.0845. The third-order valence-corrected chi connectivity index (χ3v) is 3.75. The van der Waals surface area contributed by atoms with Crippen LogP contribution < -0.4 is 5.32 Å². The second-order valence-electron chi connectivity index (χ2n) is 4.29. The molecule has 2 N–H and O–H groups in total. The number of aromatic nitrogens is 2. The number of benzene rings is 1. The van der Waals surface area contributed by atoms with E-state index in [-0.39, 0.29) is 5.91 Å². The maximum Gasteiger partial charge on any atom is 0.253 e. The van der Waals surface area contributed by atoms with Crippen LogP contribution in [0.4, 0.5) is 0 Å². The first kappa shape index (κ1) is 11.9. The Kier molecular flexibility index (Phi) is 3.05. The number of para-hydroxylation sites is 1. The molecule has 2 aromatic heterocycles. The van der Waals surface area contributed by atoms with Crippen molar-refractivity contribution in [3.63, 3.8) is 0 Å². The average molecular weight is 271 g/mol. The smallest absolute Gasteiger partial charge is 0.253 e. The molecule has 2 heterocycles. The van der Waals surface area contributed by atoms with Crippen molar-refractivity contribution in [3.05, 3.63) is 52.1 Å². The monoisotopic (exact) mass is 271 g/mol. The molecule has 3 rings (SSSR count). The van der Waals surface area contributed by atoms with Crippen LogP contribution in [0.1, 0.15) is 21.1 Å². The molecule has 0 aliphatic rings. The number of amides is 1. The number of hydrogen-bond acceptors (Lipinski definition) is 3. The number of nitrogens with one attached hydrogen (secondary N) is 2.